The van der Waals surface area contributed by atoms with E-state index in [0.717, 1.165) is 23.1 Å². The summed E-state index contributed by atoms with van der Waals surface area (Å²) < 4.78 is 6.94. The van der Waals surface area contributed by atoms with Gasteiger partial charge < -0.3 is 25.0 Å². The summed E-state index contributed by atoms with van der Waals surface area (Å²) in [6.07, 6.45) is -0.836. The Balaban J connectivity index is 1.65. The van der Waals surface area contributed by atoms with Gasteiger partial charge in [-0.3, -0.25) is 4.79 Å². The molecule has 1 aliphatic heterocycles. The topological polar surface area (TPSA) is 170 Å². The highest BCUT2D eigenvalue weighted by Crippen LogP contribution is 2.39. The lowest BCUT2D eigenvalue weighted by Gasteiger charge is -2.41. The first kappa shape index (κ1) is 21.9. The molecular weight excluding hydrogens is 468 g/mol. The molecule has 2 unspecified atom stereocenters. The molecule has 1 saturated heterocycles. The van der Waals surface area contributed by atoms with E-state index in [9.17, 15) is 25.4 Å². The standard InChI is InChI=1S/C17H15ClN6O5S2/c18-7-1-12(8(2-19)20-3-7)31-16-15(27)13(14(26)11(5-25)29-16)24-4-9(22-23-24)10-6-30-17(28)21-10/h1,3-4,6,11,13-16,25-27H,5H2,(H,21,28)/t11?,13-,14-,15?,16+/m0/s1. The Bertz CT molecular complexity index is 1180. The lowest BCUT2D eigenvalue weighted by molar-refractivity contribution is -0.178. The van der Waals surface area contributed by atoms with E-state index < -0.39 is 36.4 Å². The van der Waals surface area contributed by atoms with Gasteiger partial charge in [0.2, 0.25) is 0 Å². The lowest BCUT2D eigenvalue weighted by atomic mass is 9.97. The largest absolute Gasteiger partial charge is 0.394 e. The number of aliphatic hydroxyl groups is 3. The minimum atomic E-state index is -1.30. The van der Waals surface area contributed by atoms with Gasteiger partial charge in [0.05, 0.1) is 23.5 Å². The second kappa shape index (κ2) is 9.05. The molecule has 0 bridgehead atoms. The fourth-order valence-corrected chi connectivity index (χ4v) is 5.10. The normalized spacial score (nSPS) is 26.0. The number of hydrogen-bond acceptors (Lipinski definition) is 11. The molecule has 4 N–H and O–H groups in total. The first-order valence-electron chi connectivity index (χ1n) is 8.86. The number of nitrogens with zero attached hydrogens (tertiary/aromatic N) is 5. The van der Waals surface area contributed by atoms with Crippen LogP contribution in [0.3, 0.4) is 0 Å². The summed E-state index contributed by atoms with van der Waals surface area (Å²) in [7, 11) is 0. The minimum Gasteiger partial charge on any atom is -0.394 e. The van der Waals surface area contributed by atoms with Crippen LogP contribution in [0.4, 0.5) is 0 Å². The molecule has 3 aromatic heterocycles. The van der Waals surface area contributed by atoms with Crippen molar-refractivity contribution in [2.24, 2.45) is 0 Å². The fourth-order valence-electron chi connectivity index (χ4n) is 3.15. The molecule has 0 amide bonds. The molecule has 0 spiro atoms. The number of nitriles is 1. The van der Waals surface area contributed by atoms with E-state index >= 15 is 0 Å². The number of ether oxygens (including phenoxy) is 1. The molecule has 0 aliphatic carbocycles. The molecule has 1 fully saturated rings. The molecule has 5 atom stereocenters. The Morgan fingerprint density at radius 2 is 2.23 bits per heavy atom. The Morgan fingerprint density at radius 3 is 2.90 bits per heavy atom. The third kappa shape index (κ3) is 4.37. The van der Waals surface area contributed by atoms with Crippen molar-refractivity contribution in [1.82, 2.24) is 25.0 Å². The molecule has 0 radical (unpaired) electrons. The van der Waals surface area contributed by atoms with Crippen LogP contribution in [0.5, 0.6) is 0 Å². The predicted octanol–water partition coefficient (Wildman–Crippen LogP) is 0.387. The van der Waals surface area contributed by atoms with E-state index in [2.05, 4.69) is 20.3 Å². The number of halogens is 1. The van der Waals surface area contributed by atoms with Gasteiger partial charge in [-0.2, -0.15) is 5.26 Å². The van der Waals surface area contributed by atoms with Crippen LogP contribution in [0, 0.1) is 11.3 Å². The molecule has 0 aromatic carbocycles. The maximum absolute atomic E-state index is 11.4. The Hall–Kier alpha value is -2.31. The quantitative estimate of drug-likeness (QED) is 0.398. The number of pyridine rings is 1. The lowest BCUT2D eigenvalue weighted by Crippen LogP contribution is -2.55. The zero-order chi connectivity index (χ0) is 22.1. The number of nitrogens with one attached hydrogen (secondary N) is 1. The van der Waals surface area contributed by atoms with Gasteiger partial charge in [-0.1, -0.05) is 39.9 Å². The maximum Gasteiger partial charge on any atom is 0.304 e. The van der Waals surface area contributed by atoms with Crippen molar-refractivity contribution in [3.8, 4) is 17.5 Å². The first-order valence-corrected chi connectivity index (χ1v) is 11.0. The van der Waals surface area contributed by atoms with Crippen LogP contribution in [0.15, 0.2) is 33.5 Å². The van der Waals surface area contributed by atoms with Gasteiger partial charge in [-0.05, 0) is 6.07 Å². The summed E-state index contributed by atoms with van der Waals surface area (Å²) in [4.78, 5) is 18.1. The van der Waals surface area contributed by atoms with Crippen molar-refractivity contribution in [1.29, 1.82) is 5.26 Å². The number of H-pyrrole nitrogens is 1. The average Bonchev–Trinajstić information content (AvgIpc) is 3.39. The zero-order valence-electron chi connectivity index (χ0n) is 15.5. The highest BCUT2D eigenvalue weighted by Gasteiger charge is 2.46. The number of thiazole rings is 1. The van der Waals surface area contributed by atoms with Crippen molar-refractivity contribution in [3.63, 3.8) is 0 Å². The Kier molecular flexibility index (Phi) is 6.39. The van der Waals surface area contributed by atoms with Gasteiger partial charge in [0, 0.05) is 16.5 Å². The zero-order valence-corrected chi connectivity index (χ0v) is 17.9. The monoisotopic (exact) mass is 482 g/mol. The minimum absolute atomic E-state index is 0.0953. The van der Waals surface area contributed by atoms with Crippen LogP contribution >= 0.6 is 34.7 Å². The molecule has 0 saturated carbocycles. The fraction of sp³-hybridized carbons (Fsp3) is 0.353. The Labute approximate surface area is 187 Å². The van der Waals surface area contributed by atoms with Gasteiger partial charge in [0.1, 0.15) is 41.6 Å². The van der Waals surface area contributed by atoms with Gasteiger partial charge in [-0.25, -0.2) is 9.67 Å². The summed E-state index contributed by atoms with van der Waals surface area (Å²) in [6, 6.07) is 2.44. The van der Waals surface area contributed by atoms with Crippen molar-refractivity contribution < 1.29 is 20.1 Å². The average molecular weight is 483 g/mol. The van der Waals surface area contributed by atoms with E-state index in [4.69, 9.17) is 16.3 Å². The number of aromatic amines is 1. The van der Waals surface area contributed by atoms with Gasteiger partial charge in [-0.15, -0.1) is 5.10 Å². The van der Waals surface area contributed by atoms with Crippen LogP contribution in [-0.4, -0.2) is 70.6 Å². The number of rotatable bonds is 5. The van der Waals surface area contributed by atoms with E-state index in [0.29, 0.717) is 21.3 Å². The molecule has 3 aromatic rings. The molecule has 31 heavy (non-hydrogen) atoms. The number of aromatic nitrogens is 5. The highest BCUT2D eigenvalue weighted by atomic mass is 35.5. The smallest absolute Gasteiger partial charge is 0.304 e. The molecule has 4 rings (SSSR count). The summed E-state index contributed by atoms with van der Waals surface area (Å²) in [5.41, 5.74) is -0.0882. The highest BCUT2D eigenvalue weighted by molar-refractivity contribution is 7.99. The van der Waals surface area contributed by atoms with Crippen molar-refractivity contribution in [2.75, 3.05) is 6.61 Å². The van der Waals surface area contributed by atoms with Crippen LogP contribution in [-0.2, 0) is 4.74 Å². The summed E-state index contributed by atoms with van der Waals surface area (Å²) in [6.45, 7) is -0.514. The van der Waals surface area contributed by atoms with Gasteiger partial charge in [0.25, 0.3) is 0 Å². The SMILES string of the molecule is N#Cc1ncc(Cl)cc1S[C@H]1OC(CO)[C@H](O)[C@H](n2cc(-c3csc(=O)[nH]3)nn2)C1O. The van der Waals surface area contributed by atoms with Crippen LogP contribution in [0.1, 0.15) is 11.7 Å². The predicted molar refractivity (Wildman–Crippen MR) is 111 cm³/mol. The van der Waals surface area contributed by atoms with Crippen LogP contribution in [0.2, 0.25) is 5.02 Å². The van der Waals surface area contributed by atoms with Crippen molar-refractivity contribution in [2.45, 2.75) is 34.7 Å². The maximum atomic E-state index is 11.4. The second-order valence-corrected chi connectivity index (χ2v) is 8.99. The van der Waals surface area contributed by atoms with Crippen LogP contribution < -0.4 is 4.87 Å². The third-order valence-corrected chi connectivity index (χ3v) is 6.69. The molecule has 11 nitrogen and oxygen atoms in total. The number of thioether (sulfide) groups is 1. The van der Waals surface area contributed by atoms with E-state index in [1.54, 1.807) is 5.38 Å². The molecule has 14 heteroatoms. The molecule has 1 aliphatic rings. The number of aliphatic hydroxyl groups excluding tert-OH is 3. The van der Waals surface area contributed by atoms with E-state index in [1.165, 1.54) is 23.1 Å². The van der Waals surface area contributed by atoms with Crippen molar-refractivity contribution in [3.05, 3.63) is 44.2 Å². The molecule has 4 heterocycles. The van der Waals surface area contributed by atoms with E-state index in [1.807, 2.05) is 6.07 Å². The third-order valence-electron chi connectivity index (χ3n) is 4.63. The Morgan fingerprint density at radius 1 is 1.42 bits per heavy atom. The summed E-state index contributed by atoms with van der Waals surface area (Å²) in [5.74, 6) is 0. The summed E-state index contributed by atoms with van der Waals surface area (Å²) in [5, 5.41) is 50.5. The van der Waals surface area contributed by atoms with Crippen LogP contribution in [0.25, 0.3) is 11.4 Å². The molecule has 162 valence electrons. The van der Waals surface area contributed by atoms with E-state index in [-0.39, 0.29) is 10.6 Å². The molecular formula is C17H15ClN6O5S2. The van der Waals surface area contributed by atoms with Gasteiger partial charge >= 0.3 is 4.87 Å². The first-order chi connectivity index (χ1) is 14.9. The van der Waals surface area contributed by atoms with Crippen molar-refractivity contribution >= 4 is 34.7 Å². The second-order valence-electron chi connectivity index (χ2n) is 6.57. The number of hydrogen-bond donors (Lipinski definition) is 4. The van der Waals surface area contributed by atoms with Gasteiger partial charge in [0.15, 0.2) is 5.69 Å². The summed E-state index contributed by atoms with van der Waals surface area (Å²) >= 11 is 7.94.